The summed E-state index contributed by atoms with van der Waals surface area (Å²) >= 11 is 0. The lowest BCUT2D eigenvalue weighted by molar-refractivity contribution is 0.617. The number of guanidine groups is 1. The molecule has 2 N–H and O–H groups in total. The van der Waals surface area contributed by atoms with Crippen molar-refractivity contribution in [2.75, 3.05) is 6.54 Å². The molecule has 2 heterocycles. The molecular formula is C22H27FN6. The number of halogens is 1. The highest BCUT2D eigenvalue weighted by atomic mass is 19.1. The fraction of sp³-hybridized carbons (Fsp3) is 0.318. The number of rotatable bonds is 6. The molecule has 0 atom stereocenters. The Balaban J connectivity index is 1.64. The van der Waals surface area contributed by atoms with Gasteiger partial charge in [0.25, 0.3) is 0 Å². The van der Waals surface area contributed by atoms with E-state index >= 15 is 0 Å². The zero-order valence-electron chi connectivity index (χ0n) is 17.3. The predicted octanol–water partition coefficient (Wildman–Crippen LogP) is 3.59. The van der Waals surface area contributed by atoms with E-state index in [4.69, 9.17) is 0 Å². The molecular weight excluding hydrogens is 367 g/mol. The van der Waals surface area contributed by atoms with Gasteiger partial charge >= 0.3 is 0 Å². The minimum atomic E-state index is -0.189. The summed E-state index contributed by atoms with van der Waals surface area (Å²) in [5.74, 6) is 1.31. The van der Waals surface area contributed by atoms with Gasteiger partial charge in [-0.25, -0.2) is 19.0 Å². The molecule has 152 valence electrons. The lowest BCUT2D eigenvalue weighted by atomic mass is 10.1. The summed E-state index contributed by atoms with van der Waals surface area (Å²) in [6, 6.07) is 11.1. The van der Waals surface area contributed by atoms with Gasteiger partial charge in [-0.1, -0.05) is 18.2 Å². The summed E-state index contributed by atoms with van der Waals surface area (Å²) in [6.07, 6.45) is 1.82. The third-order valence-corrected chi connectivity index (χ3v) is 4.48. The Bertz CT molecular complexity index is 991. The van der Waals surface area contributed by atoms with Crippen molar-refractivity contribution in [3.05, 3.63) is 76.5 Å². The first-order valence-electron chi connectivity index (χ1n) is 9.72. The maximum Gasteiger partial charge on any atom is 0.191 e. The van der Waals surface area contributed by atoms with E-state index in [9.17, 15) is 4.39 Å². The molecule has 1 aromatic carbocycles. The Morgan fingerprint density at radius 1 is 1.07 bits per heavy atom. The SMILES string of the molecule is CCNC(=NCc1ccc(-n2nc(C)cc2C)nc1)NCc1ccc(F)c(C)c1. The zero-order chi connectivity index (χ0) is 20.8. The smallest absolute Gasteiger partial charge is 0.191 e. The molecule has 3 rings (SSSR count). The lowest BCUT2D eigenvalue weighted by Gasteiger charge is -2.12. The number of pyridine rings is 1. The van der Waals surface area contributed by atoms with Gasteiger partial charge in [0, 0.05) is 25.0 Å². The van der Waals surface area contributed by atoms with Gasteiger partial charge in [0.05, 0.1) is 12.2 Å². The number of nitrogens with zero attached hydrogens (tertiary/aromatic N) is 4. The van der Waals surface area contributed by atoms with Crippen LogP contribution in [0, 0.1) is 26.6 Å². The largest absolute Gasteiger partial charge is 0.357 e. The molecule has 0 fully saturated rings. The van der Waals surface area contributed by atoms with E-state index in [-0.39, 0.29) is 5.82 Å². The highest BCUT2D eigenvalue weighted by molar-refractivity contribution is 5.79. The topological polar surface area (TPSA) is 67.1 Å². The summed E-state index contributed by atoms with van der Waals surface area (Å²) in [5, 5.41) is 11.0. The number of hydrogen-bond donors (Lipinski definition) is 2. The molecule has 0 amide bonds. The Morgan fingerprint density at radius 2 is 1.86 bits per heavy atom. The van der Waals surface area contributed by atoms with Gasteiger partial charge in [-0.3, -0.25) is 0 Å². The molecule has 0 saturated carbocycles. The first-order valence-corrected chi connectivity index (χ1v) is 9.72. The molecule has 0 aliphatic heterocycles. The highest BCUT2D eigenvalue weighted by Gasteiger charge is 2.05. The molecule has 2 aromatic heterocycles. The lowest BCUT2D eigenvalue weighted by Crippen LogP contribution is -2.36. The molecule has 0 bridgehead atoms. The molecule has 7 heteroatoms. The average molecular weight is 394 g/mol. The predicted molar refractivity (Wildman–Crippen MR) is 114 cm³/mol. The van der Waals surface area contributed by atoms with E-state index in [1.54, 1.807) is 13.0 Å². The number of aromatic nitrogens is 3. The Hall–Kier alpha value is -3.22. The van der Waals surface area contributed by atoms with Gasteiger partial charge in [-0.15, -0.1) is 0 Å². The summed E-state index contributed by atoms with van der Waals surface area (Å²) in [6.45, 7) is 9.59. The second kappa shape index (κ2) is 9.32. The average Bonchev–Trinajstić information content (AvgIpc) is 3.05. The molecule has 0 aliphatic rings. The molecule has 0 aliphatic carbocycles. The van der Waals surface area contributed by atoms with Gasteiger partial charge in [-0.05, 0) is 62.6 Å². The maximum absolute atomic E-state index is 13.4. The minimum Gasteiger partial charge on any atom is -0.357 e. The van der Waals surface area contributed by atoms with E-state index in [0.29, 0.717) is 24.6 Å². The Labute approximate surface area is 170 Å². The van der Waals surface area contributed by atoms with Crippen molar-refractivity contribution in [3.8, 4) is 5.82 Å². The number of nitrogens with one attached hydrogen (secondary N) is 2. The molecule has 29 heavy (non-hydrogen) atoms. The second-order valence-electron chi connectivity index (χ2n) is 7.00. The van der Waals surface area contributed by atoms with Crippen LogP contribution >= 0.6 is 0 Å². The first kappa shape index (κ1) is 20.5. The van der Waals surface area contributed by atoms with Gasteiger partial charge in [0.15, 0.2) is 11.8 Å². The van der Waals surface area contributed by atoms with Crippen molar-refractivity contribution >= 4 is 5.96 Å². The van der Waals surface area contributed by atoms with Crippen molar-refractivity contribution in [1.82, 2.24) is 25.4 Å². The van der Waals surface area contributed by atoms with E-state index in [1.165, 1.54) is 6.07 Å². The summed E-state index contributed by atoms with van der Waals surface area (Å²) in [4.78, 5) is 9.13. The van der Waals surface area contributed by atoms with Gasteiger partial charge in [-0.2, -0.15) is 5.10 Å². The third kappa shape index (κ3) is 5.40. The molecule has 0 spiro atoms. The van der Waals surface area contributed by atoms with Crippen LogP contribution in [0.25, 0.3) is 5.82 Å². The fourth-order valence-electron chi connectivity index (χ4n) is 3.01. The van der Waals surface area contributed by atoms with Crippen LogP contribution < -0.4 is 10.6 Å². The first-order chi connectivity index (χ1) is 14.0. The van der Waals surface area contributed by atoms with Crippen molar-refractivity contribution in [1.29, 1.82) is 0 Å². The third-order valence-electron chi connectivity index (χ3n) is 4.48. The van der Waals surface area contributed by atoms with Gasteiger partial charge in [0.2, 0.25) is 0 Å². The van der Waals surface area contributed by atoms with E-state index in [2.05, 4.69) is 25.7 Å². The van der Waals surface area contributed by atoms with Crippen molar-refractivity contribution in [2.24, 2.45) is 4.99 Å². The summed E-state index contributed by atoms with van der Waals surface area (Å²) in [7, 11) is 0. The van der Waals surface area contributed by atoms with Crippen LogP contribution in [0.1, 0.15) is 35.0 Å². The quantitative estimate of drug-likeness (QED) is 0.495. The normalized spacial score (nSPS) is 11.6. The molecule has 0 radical (unpaired) electrons. The summed E-state index contributed by atoms with van der Waals surface area (Å²) < 4.78 is 15.3. The second-order valence-corrected chi connectivity index (χ2v) is 7.00. The van der Waals surface area contributed by atoms with E-state index in [0.717, 1.165) is 34.9 Å². The molecule has 0 unspecified atom stereocenters. The van der Waals surface area contributed by atoms with Crippen LogP contribution in [0.15, 0.2) is 47.6 Å². The minimum absolute atomic E-state index is 0.189. The van der Waals surface area contributed by atoms with Crippen molar-refractivity contribution in [3.63, 3.8) is 0 Å². The van der Waals surface area contributed by atoms with Crippen LogP contribution in [0.2, 0.25) is 0 Å². The standard InChI is InChI=1S/C22H27FN6/c1-5-24-22(26-12-18-6-8-20(23)15(2)10-18)27-14-19-7-9-21(25-13-19)29-17(4)11-16(3)28-29/h6-11,13H,5,12,14H2,1-4H3,(H2,24,26,27). The molecule has 6 nitrogen and oxygen atoms in total. The van der Waals surface area contributed by atoms with E-state index < -0.39 is 0 Å². The fourth-order valence-corrected chi connectivity index (χ4v) is 3.01. The van der Waals surface area contributed by atoms with Gasteiger partial charge in [0.1, 0.15) is 5.82 Å². The van der Waals surface area contributed by atoms with Crippen LogP contribution in [0.3, 0.4) is 0 Å². The number of benzene rings is 1. The van der Waals surface area contributed by atoms with Crippen molar-refractivity contribution in [2.45, 2.75) is 40.8 Å². The number of aliphatic imine (C=N–C) groups is 1. The number of hydrogen-bond acceptors (Lipinski definition) is 3. The summed E-state index contributed by atoms with van der Waals surface area (Å²) in [5.41, 5.74) is 4.67. The maximum atomic E-state index is 13.4. The molecule has 0 saturated heterocycles. The molecule has 3 aromatic rings. The van der Waals surface area contributed by atoms with Crippen LogP contribution in [-0.4, -0.2) is 27.3 Å². The van der Waals surface area contributed by atoms with Crippen LogP contribution in [-0.2, 0) is 13.1 Å². The Kier molecular flexibility index (Phi) is 6.59. The zero-order valence-corrected chi connectivity index (χ0v) is 17.3. The van der Waals surface area contributed by atoms with Gasteiger partial charge < -0.3 is 10.6 Å². The van der Waals surface area contributed by atoms with E-state index in [1.807, 2.05) is 55.9 Å². The van der Waals surface area contributed by atoms with Crippen molar-refractivity contribution < 1.29 is 4.39 Å². The highest BCUT2D eigenvalue weighted by Crippen LogP contribution is 2.11. The Morgan fingerprint density at radius 3 is 2.48 bits per heavy atom. The number of aryl methyl sites for hydroxylation is 3. The van der Waals surface area contributed by atoms with Crippen LogP contribution in [0.5, 0.6) is 0 Å². The monoisotopic (exact) mass is 394 g/mol. The van der Waals surface area contributed by atoms with Crippen LogP contribution in [0.4, 0.5) is 4.39 Å².